The van der Waals surface area contributed by atoms with Crippen LogP contribution in [0.4, 0.5) is 0 Å². The highest BCUT2D eigenvalue weighted by Crippen LogP contribution is 2.23. The van der Waals surface area contributed by atoms with Gasteiger partial charge in [0.15, 0.2) is 0 Å². The molecule has 1 aromatic rings. The Kier molecular flexibility index (Phi) is 7.63. The molecule has 0 aliphatic carbocycles. The lowest BCUT2D eigenvalue weighted by Crippen LogP contribution is -2.61. The molecule has 1 aromatic heterocycles. The Balaban J connectivity index is 2.63. The molecule has 124 valence electrons. The number of hydrogen-bond donors (Lipinski definition) is 3. The summed E-state index contributed by atoms with van der Waals surface area (Å²) in [6, 6.07) is 0. The monoisotopic (exact) mass is 311 g/mol. The fourth-order valence-electron chi connectivity index (χ4n) is 2.78. The molecule has 0 bridgehead atoms. The number of H-pyrrole nitrogens is 1. The normalized spacial score (nSPS) is 13.7. The van der Waals surface area contributed by atoms with Crippen LogP contribution in [0.15, 0.2) is 18.7 Å². The SMILES string of the molecule is CCCCCCCCCC(CC(=O)O)(C(=O)O)[n+]1cc[nH]c1. The first-order valence-corrected chi connectivity index (χ1v) is 8.02. The van der Waals surface area contributed by atoms with Gasteiger partial charge in [-0.25, -0.2) is 9.36 Å². The van der Waals surface area contributed by atoms with E-state index in [4.69, 9.17) is 5.11 Å². The molecule has 22 heavy (non-hydrogen) atoms. The first-order chi connectivity index (χ1) is 10.5. The molecule has 0 spiro atoms. The van der Waals surface area contributed by atoms with Crippen LogP contribution in [0.2, 0.25) is 0 Å². The van der Waals surface area contributed by atoms with E-state index in [2.05, 4.69) is 11.9 Å². The highest BCUT2D eigenvalue weighted by Gasteiger charge is 2.46. The summed E-state index contributed by atoms with van der Waals surface area (Å²) in [6.07, 6.45) is 12.1. The summed E-state index contributed by atoms with van der Waals surface area (Å²) >= 11 is 0. The van der Waals surface area contributed by atoms with E-state index in [1.165, 1.54) is 30.2 Å². The number of hydrogen-bond acceptors (Lipinski definition) is 2. The van der Waals surface area contributed by atoms with Crippen molar-refractivity contribution >= 4 is 11.9 Å². The second kappa shape index (κ2) is 9.23. The lowest BCUT2D eigenvalue weighted by Gasteiger charge is -2.24. The molecule has 3 N–H and O–H groups in total. The summed E-state index contributed by atoms with van der Waals surface area (Å²) in [7, 11) is 0. The summed E-state index contributed by atoms with van der Waals surface area (Å²) in [6.45, 7) is 2.17. The molecule has 1 atom stereocenters. The van der Waals surface area contributed by atoms with E-state index >= 15 is 0 Å². The molecule has 0 aliphatic rings. The molecule has 0 radical (unpaired) electrons. The summed E-state index contributed by atoms with van der Waals surface area (Å²) in [5.74, 6) is -2.19. The van der Waals surface area contributed by atoms with Gasteiger partial charge in [0.2, 0.25) is 11.9 Å². The van der Waals surface area contributed by atoms with Crippen molar-refractivity contribution in [1.29, 1.82) is 0 Å². The van der Waals surface area contributed by atoms with Crippen molar-refractivity contribution in [2.75, 3.05) is 0 Å². The van der Waals surface area contributed by atoms with E-state index in [0.717, 1.165) is 19.3 Å². The van der Waals surface area contributed by atoms with Crippen LogP contribution in [-0.2, 0) is 15.1 Å². The molecule has 0 saturated heterocycles. The molecular weight excluding hydrogens is 284 g/mol. The van der Waals surface area contributed by atoms with Gasteiger partial charge in [0.1, 0.15) is 18.8 Å². The number of nitrogens with zero attached hydrogens (tertiary/aromatic N) is 1. The number of aliphatic carboxylic acids is 2. The Morgan fingerprint density at radius 2 is 1.73 bits per heavy atom. The van der Waals surface area contributed by atoms with Gasteiger partial charge in [-0.2, -0.15) is 0 Å². The Morgan fingerprint density at radius 3 is 2.23 bits per heavy atom. The molecule has 6 heteroatoms. The van der Waals surface area contributed by atoms with Gasteiger partial charge < -0.3 is 10.2 Å². The Labute approximate surface area is 131 Å². The third kappa shape index (κ3) is 5.16. The first kappa shape index (κ1) is 18.2. The molecule has 0 amide bonds. The number of unbranched alkanes of at least 4 members (excludes halogenated alkanes) is 6. The van der Waals surface area contributed by atoms with Gasteiger partial charge in [-0.1, -0.05) is 45.4 Å². The topological polar surface area (TPSA) is 94.3 Å². The van der Waals surface area contributed by atoms with E-state index in [1.54, 1.807) is 12.4 Å². The van der Waals surface area contributed by atoms with Gasteiger partial charge in [0.05, 0.1) is 0 Å². The number of aromatic nitrogens is 2. The van der Waals surface area contributed by atoms with Crippen LogP contribution >= 0.6 is 0 Å². The van der Waals surface area contributed by atoms with Crippen LogP contribution in [-0.4, -0.2) is 27.1 Å². The van der Waals surface area contributed by atoms with E-state index in [1.807, 2.05) is 0 Å². The second-order valence-corrected chi connectivity index (χ2v) is 5.80. The van der Waals surface area contributed by atoms with Crippen molar-refractivity contribution in [2.24, 2.45) is 0 Å². The standard InChI is InChI=1S/C16H26N2O4/c1-2-3-4-5-6-7-8-9-16(15(21)22,12-14(19)20)18-11-10-17-13-18/h10-11,13H,2-9,12H2,1H3,(H2,19,20,21,22)/p+1. The second-order valence-electron chi connectivity index (χ2n) is 5.80. The van der Waals surface area contributed by atoms with Crippen LogP contribution in [0.1, 0.15) is 64.7 Å². The number of carbonyl (C=O) groups is 2. The number of carboxylic acids is 2. The Morgan fingerprint density at radius 1 is 1.09 bits per heavy atom. The predicted octanol–water partition coefficient (Wildman–Crippen LogP) is 2.70. The van der Waals surface area contributed by atoms with Crippen LogP contribution in [0, 0.1) is 0 Å². The molecule has 1 heterocycles. The van der Waals surface area contributed by atoms with Crippen molar-refractivity contribution in [3.63, 3.8) is 0 Å². The lowest BCUT2D eigenvalue weighted by molar-refractivity contribution is -0.749. The zero-order valence-corrected chi connectivity index (χ0v) is 13.3. The van der Waals surface area contributed by atoms with Crippen LogP contribution in [0.3, 0.4) is 0 Å². The van der Waals surface area contributed by atoms with Crippen molar-refractivity contribution in [3.05, 3.63) is 18.7 Å². The van der Waals surface area contributed by atoms with Gasteiger partial charge in [-0.05, 0) is 6.42 Å². The number of rotatable bonds is 12. The first-order valence-electron chi connectivity index (χ1n) is 8.02. The molecule has 0 fully saturated rings. The Hall–Kier alpha value is -1.85. The maximum absolute atomic E-state index is 11.8. The van der Waals surface area contributed by atoms with Gasteiger partial charge in [0.25, 0.3) is 0 Å². The summed E-state index contributed by atoms with van der Waals surface area (Å²) in [5, 5.41) is 18.7. The number of carboxylic acid groups (broad SMARTS) is 2. The van der Waals surface area contributed by atoms with Gasteiger partial charge in [-0.3, -0.25) is 9.78 Å². The van der Waals surface area contributed by atoms with Gasteiger partial charge in [0, 0.05) is 6.42 Å². The number of imidazole rings is 1. The Bertz CT molecular complexity index is 459. The smallest absolute Gasteiger partial charge is 0.353 e. The van der Waals surface area contributed by atoms with Crippen molar-refractivity contribution < 1.29 is 24.4 Å². The average molecular weight is 311 g/mol. The molecule has 0 saturated carbocycles. The number of aromatic amines is 1. The molecule has 0 aliphatic heterocycles. The highest BCUT2D eigenvalue weighted by atomic mass is 16.4. The van der Waals surface area contributed by atoms with E-state index in [-0.39, 0.29) is 0 Å². The van der Waals surface area contributed by atoms with Crippen LogP contribution in [0.5, 0.6) is 0 Å². The highest BCUT2D eigenvalue weighted by molar-refractivity contribution is 5.81. The summed E-state index contributed by atoms with van der Waals surface area (Å²) < 4.78 is 1.47. The van der Waals surface area contributed by atoms with E-state index in [0.29, 0.717) is 12.8 Å². The molecular formula is C16H27N2O4+. The van der Waals surface area contributed by atoms with Crippen LogP contribution in [0.25, 0.3) is 0 Å². The number of nitrogens with one attached hydrogen (secondary N) is 1. The van der Waals surface area contributed by atoms with Gasteiger partial charge >= 0.3 is 11.9 Å². The maximum atomic E-state index is 11.8. The quantitative estimate of drug-likeness (QED) is 0.408. The molecule has 1 unspecified atom stereocenters. The van der Waals surface area contributed by atoms with E-state index in [9.17, 15) is 14.7 Å². The molecule has 1 rings (SSSR count). The minimum absolute atomic E-state index is 0.324. The zero-order chi connectivity index (χ0) is 16.4. The zero-order valence-electron chi connectivity index (χ0n) is 13.3. The third-order valence-corrected chi connectivity index (χ3v) is 4.07. The van der Waals surface area contributed by atoms with Crippen molar-refractivity contribution in [3.8, 4) is 0 Å². The average Bonchev–Trinajstić information content (AvgIpc) is 2.98. The predicted molar refractivity (Wildman–Crippen MR) is 81.5 cm³/mol. The van der Waals surface area contributed by atoms with E-state index < -0.39 is 23.9 Å². The fourth-order valence-corrected chi connectivity index (χ4v) is 2.78. The fraction of sp³-hybridized carbons (Fsp3) is 0.688. The summed E-state index contributed by atoms with van der Waals surface area (Å²) in [4.78, 5) is 25.7. The third-order valence-electron chi connectivity index (χ3n) is 4.07. The largest absolute Gasteiger partial charge is 0.481 e. The van der Waals surface area contributed by atoms with Crippen molar-refractivity contribution in [1.82, 2.24) is 4.98 Å². The maximum Gasteiger partial charge on any atom is 0.353 e. The van der Waals surface area contributed by atoms with Crippen molar-refractivity contribution in [2.45, 2.75) is 70.3 Å². The molecule has 6 nitrogen and oxygen atoms in total. The van der Waals surface area contributed by atoms with Gasteiger partial charge in [-0.15, -0.1) is 0 Å². The minimum Gasteiger partial charge on any atom is -0.481 e. The minimum atomic E-state index is -1.41. The molecule has 0 aromatic carbocycles. The summed E-state index contributed by atoms with van der Waals surface area (Å²) in [5.41, 5.74) is -1.41. The van der Waals surface area contributed by atoms with Crippen LogP contribution < -0.4 is 4.57 Å². The lowest BCUT2D eigenvalue weighted by atomic mass is 9.88.